The van der Waals surface area contributed by atoms with Crippen LogP contribution in [0.2, 0.25) is 0 Å². The summed E-state index contributed by atoms with van der Waals surface area (Å²) in [5.74, 6) is 1.33. The molecule has 3 aliphatic rings. The smallest absolute Gasteiger partial charge is 0.302 e. The maximum atomic E-state index is 12.6. The molecule has 0 heterocycles. The summed E-state index contributed by atoms with van der Waals surface area (Å²) in [4.78, 5) is 35.9. The number of esters is 2. The molecule has 0 spiro atoms. The molecule has 6 unspecified atom stereocenters. The van der Waals surface area contributed by atoms with Gasteiger partial charge in [0, 0.05) is 37.5 Å². The van der Waals surface area contributed by atoms with Gasteiger partial charge in [-0.05, 0) is 55.8 Å². The van der Waals surface area contributed by atoms with E-state index in [0.717, 1.165) is 38.5 Å². The predicted octanol–water partition coefficient (Wildman–Crippen LogP) is 4.71. The topological polar surface area (TPSA) is 69.7 Å². The maximum absolute atomic E-state index is 12.6. The molecule has 29 heavy (non-hydrogen) atoms. The molecule has 0 aromatic rings. The van der Waals surface area contributed by atoms with Crippen LogP contribution in [0, 0.1) is 34.5 Å². The van der Waals surface area contributed by atoms with Crippen molar-refractivity contribution in [2.45, 2.75) is 92.1 Å². The molecule has 7 atom stereocenters. The van der Waals surface area contributed by atoms with Crippen LogP contribution in [0.15, 0.2) is 0 Å². The molecule has 0 amide bonds. The molecule has 0 N–H and O–H groups in total. The van der Waals surface area contributed by atoms with Crippen LogP contribution in [0.1, 0.15) is 86.0 Å². The van der Waals surface area contributed by atoms with Crippen LogP contribution in [0.3, 0.4) is 0 Å². The van der Waals surface area contributed by atoms with E-state index in [0.29, 0.717) is 30.6 Å². The SMILES string of the molecule is CC(=O)OCCC1CC(C)CCC1(C)C1CCC2(C)C(=O)CCC2[C@@H]1OC(C)=O. The van der Waals surface area contributed by atoms with Crippen molar-refractivity contribution < 1.29 is 23.9 Å². The van der Waals surface area contributed by atoms with Gasteiger partial charge in [-0.15, -0.1) is 0 Å². The lowest BCUT2D eigenvalue weighted by molar-refractivity contribution is -0.176. The Morgan fingerprint density at radius 1 is 1.03 bits per heavy atom. The lowest BCUT2D eigenvalue weighted by atomic mass is 9.51. The van der Waals surface area contributed by atoms with Gasteiger partial charge in [0.1, 0.15) is 11.9 Å². The number of hydrogen-bond acceptors (Lipinski definition) is 5. The molecular weight excluding hydrogens is 368 g/mol. The van der Waals surface area contributed by atoms with E-state index < -0.39 is 0 Å². The first-order valence-electron chi connectivity index (χ1n) is 11.4. The molecule has 3 rings (SSSR count). The largest absolute Gasteiger partial charge is 0.466 e. The van der Waals surface area contributed by atoms with Crippen LogP contribution in [0.25, 0.3) is 0 Å². The number of rotatable bonds is 5. The highest BCUT2D eigenvalue weighted by molar-refractivity contribution is 5.87. The molecule has 3 fully saturated rings. The summed E-state index contributed by atoms with van der Waals surface area (Å²) in [6.45, 7) is 10.1. The van der Waals surface area contributed by atoms with Gasteiger partial charge in [0.05, 0.1) is 6.61 Å². The third-order valence-corrected chi connectivity index (χ3v) is 8.62. The number of Topliss-reactive ketones (excluding diaryl/α,β-unsaturated/α-hetero) is 1. The molecule has 0 bridgehead atoms. The molecule has 5 heteroatoms. The Morgan fingerprint density at radius 2 is 1.76 bits per heavy atom. The monoisotopic (exact) mass is 406 g/mol. The van der Waals surface area contributed by atoms with Crippen molar-refractivity contribution in [2.75, 3.05) is 6.61 Å². The van der Waals surface area contributed by atoms with Crippen LogP contribution in [-0.4, -0.2) is 30.4 Å². The standard InChI is InChI=1S/C24H38O5/c1-15-8-11-23(4,18(14-15)10-13-28-16(2)25)20-9-12-24(5)19(6-7-21(24)27)22(20)29-17(3)26/h15,18-20,22H,6-14H2,1-5H3/t15?,18?,19?,20?,22-,23?,24?/m0/s1. The zero-order chi connectivity index (χ0) is 21.4. The van der Waals surface area contributed by atoms with E-state index in [9.17, 15) is 14.4 Å². The molecule has 164 valence electrons. The first-order chi connectivity index (χ1) is 13.6. The average molecular weight is 407 g/mol. The highest BCUT2D eigenvalue weighted by Gasteiger charge is 2.59. The minimum atomic E-state index is -0.345. The van der Waals surface area contributed by atoms with E-state index in [4.69, 9.17) is 9.47 Å². The summed E-state index contributed by atoms with van der Waals surface area (Å²) >= 11 is 0. The Labute approximate surface area is 175 Å². The minimum Gasteiger partial charge on any atom is -0.466 e. The third-order valence-electron chi connectivity index (χ3n) is 8.62. The fourth-order valence-corrected chi connectivity index (χ4v) is 6.83. The summed E-state index contributed by atoms with van der Waals surface area (Å²) in [5, 5.41) is 0. The fourth-order valence-electron chi connectivity index (χ4n) is 6.83. The van der Waals surface area contributed by atoms with E-state index in [1.54, 1.807) is 0 Å². The van der Waals surface area contributed by atoms with E-state index in [1.807, 2.05) is 0 Å². The van der Waals surface area contributed by atoms with Crippen LogP contribution < -0.4 is 0 Å². The van der Waals surface area contributed by atoms with Gasteiger partial charge in [0.25, 0.3) is 0 Å². The summed E-state index contributed by atoms with van der Waals surface area (Å²) < 4.78 is 11.3. The van der Waals surface area contributed by atoms with Gasteiger partial charge in [0.15, 0.2) is 0 Å². The lowest BCUT2D eigenvalue weighted by Gasteiger charge is -2.55. The normalized spacial score (nSPS) is 42.2. The number of carbonyl (C=O) groups excluding carboxylic acids is 3. The number of fused-ring (bicyclic) bond motifs is 1. The number of carbonyl (C=O) groups is 3. The Morgan fingerprint density at radius 3 is 2.41 bits per heavy atom. The molecule has 5 nitrogen and oxygen atoms in total. The van der Waals surface area contributed by atoms with Gasteiger partial charge < -0.3 is 9.47 Å². The summed E-state index contributed by atoms with van der Waals surface area (Å²) in [7, 11) is 0. The van der Waals surface area contributed by atoms with Crippen molar-refractivity contribution in [1.82, 2.24) is 0 Å². The molecule has 0 saturated heterocycles. The first-order valence-corrected chi connectivity index (χ1v) is 11.4. The van der Waals surface area contributed by atoms with E-state index in [1.165, 1.54) is 20.3 Å². The molecule has 3 saturated carbocycles. The highest BCUT2D eigenvalue weighted by Crippen LogP contribution is 2.60. The molecular formula is C24H38O5. The summed E-state index contributed by atoms with van der Waals surface area (Å²) in [6.07, 6.45) is 7.29. The van der Waals surface area contributed by atoms with Crippen molar-refractivity contribution in [3.8, 4) is 0 Å². The average Bonchev–Trinajstić information content (AvgIpc) is 2.93. The number of ether oxygens (including phenoxy) is 2. The molecule has 0 aromatic heterocycles. The minimum absolute atomic E-state index is 0.0275. The second-order valence-electron chi connectivity index (χ2n) is 10.4. The van der Waals surface area contributed by atoms with Crippen LogP contribution in [0.4, 0.5) is 0 Å². The van der Waals surface area contributed by atoms with Gasteiger partial charge in [-0.3, -0.25) is 14.4 Å². The van der Waals surface area contributed by atoms with Crippen LogP contribution >= 0.6 is 0 Å². The molecule has 3 aliphatic carbocycles. The van der Waals surface area contributed by atoms with Crippen molar-refractivity contribution in [3.63, 3.8) is 0 Å². The fraction of sp³-hybridized carbons (Fsp3) is 0.875. The van der Waals surface area contributed by atoms with Crippen molar-refractivity contribution in [2.24, 2.45) is 34.5 Å². The molecule has 0 radical (unpaired) electrons. The Kier molecular flexibility index (Phi) is 6.45. The van der Waals surface area contributed by atoms with Crippen molar-refractivity contribution in [1.29, 1.82) is 0 Å². The predicted molar refractivity (Wildman–Crippen MR) is 110 cm³/mol. The zero-order valence-electron chi connectivity index (χ0n) is 18.8. The van der Waals surface area contributed by atoms with E-state index in [-0.39, 0.29) is 40.7 Å². The van der Waals surface area contributed by atoms with Gasteiger partial charge in [-0.2, -0.15) is 0 Å². The molecule has 0 aromatic carbocycles. The third kappa shape index (κ3) is 4.25. The van der Waals surface area contributed by atoms with Crippen LogP contribution in [-0.2, 0) is 23.9 Å². The van der Waals surface area contributed by atoms with Gasteiger partial charge in [-0.1, -0.05) is 27.2 Å². The quantitative estimate of drug-likeness (QED) is 0.619. The Bertz CT molecular complexity index is 658. The first kappa shape index (κ1) is 22.3. The van der Waals surface area contributed by atoms with E-state index in [2.05, 4.69) is 20.8 Å². The van der Waals surface area contributed by atoms with Crippen molar-refractivity contribution in [3.05, 3.63) is 0 Å². The zero-order valence-corrected chi connectivity index (χ0v) is 18.8. The lowest BCUT2D eigenvalue weighted by Crippen LogP contribution is -2.54. The maximum Gasteiger partial charge on any atom is 0.302 e. The highest BCUT2D eigenvalue weighted by atomic mass is 16.5. The van der Waals surface area contributed by atoms with Gasteiger partial charge >= 0.3 is 11.9 Å². The van der Waals surface area contributed by atoms with Crippen molar-refractivity contribution >= 4 is 17.7 Å². The van der Waals surface area contributed by atoms with E-state index >= 15 is 0 Å². The Hall–Kier alpha value is -1.39. The second kappa shape index (κ2) is 8.39. The summed E-state index contributed by atoms with van der Waals surface area (Å²) in [6, 6.07) is 0. The van der Waals surface area contributed by atoms with Gasteiger partial charge in [0.2, 0.25) is 0 Å². The Balaban J connectivity index is 1.88. The number of ketones is 1. The second-order valence-corrected chi connectivity index (χ2v) is 10.4. The summed E-state index contributed by atoms with van der Waals surface area (Å²) in [5.41, 5.74) is -0.318. The molecule has 0 aliphatic heterocycles. The van der Waals surface area contributed by atoms with Crippen LogP contribution in [0.5, 0.6) is 0 Å². The van der Waals surface area contributed by atoms with Gasteiger partial charge in [-0.25, -0.2) is 0 Å². The number of hydrogen-bond donors (Lipinski definition) is 0.